The molecule has 2 rings (SSSR count). The van der Waals surface area contributed by atoms with Gasteiger partial charge in [0.1, 0.15) is 17.4 Å². The number of hydrogen-bond donors (Lipinski definition) is 3. The van der Waals surface area contributed by atoms with Crippen LogP contribution >= 0.6 is 11.3 Å². The second-order valence-corrected chi connectivity index (χ2v) is 6.68. The first-order valence-electron chi connectivity index (χ1n) is 8.49. The van der Waals surface area contributed by atoms with Crippen molar-refractivity contribution in [3.63, 3.8) is 0 Å². The van der Waals surface area contributed by atoms with Gasteiger partial charge >= 0.3 is 0 Å². The Morgan fingerprint density at radius 1 is 1.35 bits per heavy atom. The number of anilines is 1. The molecule has 1 aromatic carbocycles. The summed E-state index contributed by atoms with van der Waals surface area (Å²) in [6, 6.07) is 7.31. The molecule has 0 aliphatic heterocycles. The molecule has 0 atom stereocenters. The van der Waals surface area contributed by atoms with Crippen molar-refractivity contribution < 1.29 is 9.53 Å². The average Bonchev–Trinajstić information content (AvgIpc) is 3.09. The summed E-state index contributed by atoms with van der Waals surface area (Å²) >= 11 is 1.71. The molecular weight excluding hydrogens is 350 g/mol. The molecule has 7 nitrogen and oxygen atoms in total. The molecule has 140 valence electrons. The van der Waals surface area contributed by atoms with E-state index in [0.717, 1.165) is 17.1 Å². The van der Waals surface area contributed by atoms with E-state index in [1.807, 2.05) is 24.4 Å². The number of aliphatic imine (C=N–C) groups is 1. The van der Waals surface area contributed by atoms with E-state index in [1.165, 1.54) is 11.8 Å². The number of amides is 1. The Bertz CT molecular complexity index is 745. The third kappa shape index (κ3) is 6.72. The zero-order valence-corrected chi connectivity index (χ0v) is 16.2. The number of nitrogens with one attached hydrogen (secondary N) is 3. The molecule has 0 aliphatic rings. The smallest absolute Gasteiger partial charge is 0.221 e. The first kappa shape index (κ1) is 19.7. The number of carbonyl (C=O) groups is 1. The summed E-state index contributed by atoms with van der Waals surface area (Å²) in [7, 11) is 1.73. The minimum atomic E-state index is -0.107. The van der Waals surface area contributed by atoms with Crippen LogP contribution in [0.5, 0.6) is 5.75 Å². The molecule has 1 aromatic heterocycles. The molecule has 8 heteroatoms. The maximum atomic E-state index is 11.1. The number of nitrogens with zero attached hydrogens (tertiary/aromatic N) is 2. The number of aromatic nitrogens is 1. The Morgan fingerprint density at radius 3 is 2.88 bits per heavy atom. The van der Waals surface area contributed by atoms with Gasteiger partial charge in [0.2, 0.25) is 5.91 Å². The van der Waals surface area contributed by atoms with E-state index in [0.29, 0.717) is 31.4 Å². The third-order valence-electron chi connectivity index (χ3n) is 3.40. The SMILES string of the molecule is CCc1cnc(CNC(=NC)NCCOc2cccc(NC(C)=O)c2)s1. The van der Waals surface area contributed by atoms with Crippen molar-refractivity contribution in [3.05, 3.63) is 40.3 Å². The van der Waals surface area contributed by atoms with Crippen LogP contribution in [-0.4, -0.2) is 37.1 Å². The summed E-state index contributed by atoms with van der Waals surface area (Å²) in [5.41, 5.74) is 0.718. The minimum Gasteiger partial charge on any atom is -0.492 e. The third-order valence-corrected chi connectivity index (χ3v) is 4.54. The predicted molar refractivity (Wildman–Crippen MR) is 106 cm³/mol. The monoisotopic (exact) mass is 375 g/mol. The van der Waals surface area contributed by atoms with Gasteiger partial charge in [0.15, 0.2) is 5.96 Å². The van der Waals surface area contributed by atoms with Crippen molar-refractivity contribution >= 4 is 28.9 Å². The summed E-state index contributed by atoms with van der Waals surface area (Å²) in [5, 5.41) is 10.2. The molecule has 0 radical (unpaired) electrons. The summed E-state index contributed by atoms with van der Waals surface area (Å²) in [5.74, 6) is 1.30. The standard InChI is InChI=1S/C18H25N5O2S/c1-4-16-11-21-17(26-16)12-22-18(19-3)20-8-9-25-15-7-5-6-14(10-15)23-13(2)24/h5-7,10-11H,4,8-9,12H2,1-3H3,(H,23,24)(H2,19,20,22). The first-order chi connectivity index (χ1) is 12.6. The van der Waals surface area contributed by atoms with Crippen LogP contribution in [0.15, 0.2) is 35.5 Å². The van der Waals surface area contributed by atoms with Crippen LogP contribution in [0.25, 0.3) is 0 Å². The quantitative estimate of drug-likeness (QED) is 0.375. The lowest BCUT2D eigenvalue weighted by atomic mass is 10.3. The number of hydrogen-bond acceptors (Lipinski definition) is 5. The second kappa shape index (κ2) is 10.4. The normalized spacial score (nSPS) is 11.1. The molecule has 0 saturated heterocycles. The fourth-order valence-corrected chi connectivity index (χ4v) is 2.98. The molecule has 1 amide bonds. The van der Waals surface area contributed by atoms with Crippen LogP contribution in [0, 0.1) is 0 Å². The van der Waals surface area contributed by atoms with Crippen molar-refractivity contribution in [2.24, 2.45) is 4.99 Å². The van der Waals surface area contributed by atoms with Crippen LogP contribution < -0.4 is 20.7 Å². The molecular formula is C18H25N5O2S. The van der Waals surface area contributed by atoms with Gasteiger partial charge in [-0.15, -0.1) is 11.3 Å². The van der Waals surface area contributed by atoms with Crippen molar-refractivity contribution in [2.45, 2.75) is 26.8 Å². The number of thiazole rings is 1. The Hall–Kier alpha value is -2.61. The van der Waals surface area contributed by atoms with E-state index >= 15 is 0 Å². The topological polar surface area (TPSA) is 87.6 Å². The Kier molecular flexibility index (Phi) is 7.88. The largest absolute Gasteiger partial charge is 0.492 e. The lowest BCUT2D eigenvalue weighted by Gasteiger charge is -2.12. The van der Waals surface area contributed by atoms with Crippen LogP contribution in [-0.2, 0) is 17.8 Å². The fraction of sp³-hybridized carbons (Fsp3) is 0.389. The maximum absolute atomic E-state index is 11.1. The Labute approximate surface area is 157 Å². The average molecular weight is 375 g/mol. The molecule has 1 heterocycles. The van der Waals surface area contributed by atoms with E-state index < -0.39 is 0 Å². The highest BCUT2D eigenvalue weighted by Gasteiger charge is 2.03. The van der Waals surface area contributed by atoms with Gasteiger partial charge in [-0.2, -0.15) is 0 Å². The molecule has 0 spiro atoms. The van der Waals surface area contributed by atoms with Gasteiger partial charge in [0.05, 0.1) is 13.1 Å². The van der Waals surface area contributed by atoms with Gasteiger partial charge in [0, 0.05) is 36.8 Å². The lowest BCUT2D eigenvalue weighted by molar-refractivity contribution is -0.114. The number of aryl methyl sites for hydroxylation is 1. The van der Waals surface area contributed by atoms with Gasteiger partial charge in [0.25, 0.3) is 0 Å². The van der Waals surface area contributed by atoms with Crippen LogP contribution in [0.1, 0.15) is 23.7 Å². The molecule has 2 aromatic rings. The van der Waals surface area contributed by atoms with Crippen molar-refractivity contribution in [3.8, 4) is 5.75 Å². The molecule has 0 bridgehead atoms. The Morgan fingerprint density at radius 2 is 2.19 bits per heavy atom. The van der Waals surface area contributed by atoms with Gasteiger partial charge in [-0.05, 0) is 18.6 Å². The highest BCUT2D eigenvalue weighted by atomic mass is 32.1. The minimum absolute atomic E-state index is 0.107. The Balaban J connectivity index is 1.71. The van der Waals surface area contributed by atoms with Gasteiger partial charge in [-0.1, -0.05) is 13.0 Å². The van der Waals surface area contributed by atoms with E-state index in [9.17, 15) is 4.79 Å². The van der Waals surface area contributed by atoms with E-state index in [1.54, 1.807) is 24.5 Å². The molecule has 26 heavy (non-hydrogen) atoms. The number of carbonyl (C=O) groups excluding carboxylic acids is 1. The second-order valence-electron chi connectivity index (χ2n) is 5.48. The highest BCUT2D eigenvalue weighted by molar-refractivity contribution is 7.11. The molecule has 0 saturated carbocycles. The molecule has 0 fully saturated rings. The summed E-state index contributed by atoms with van der Waals surface area (Å²) in [6.45, 7) is 5.31. The number of guanidine groups is 1. The fourth-order valence-electron chi connectivity index (χ4n) is 2.18. The summed E-state index contributed by atoms with van der Waals surface area (Å²) in [4.78, 5) is 20.9. The molecule has 0 unspecified atom stereocenters. The van der Waals surface area contributed by atoms with E-state index in [4.69, 9.17) is 4.74 Å². The summed E-state index contributed by atoms with van der Waals surface area (Å²) in [6.07, 6.45) is 2.92. The first-order valence-corrected chi connectivity index (χ1v) is 9.31. The zero-order chi connectivity index (χ0) is 18.8. The van der Waals surface area contributed by atoms with Crippen molar-refractivity contribution in [2.75, 3.05) is 25.5 Å². The van der Waals surface area contributed by atoms with Crippen molar-refractivity contribution in [1.82, 2.24) is 15.6 Å². The van der Waals surface area contributed by atoms with E-state index in [2.05, 4.69) is 32.9 Å². The number of ether oxygens (including phenoxy) is 1. The van der Waals surface area contributed by atoms with Gasteiger partial charge < -0.3 is 20.7 Å². The van der Waals surface area contributed by atoms with Crippen LogP contribution in [0.2, 0.25) is 0 Å². The van der Waals surface area contributed by atoms with Gasteiger partial charge in [-0.25, -0.2) is 4.98 Å². The predicted octanol–water partition coefficient (Wildman–Crippen LogP) is 2.41. The number of benzene rings is 1. The highest BCUT2D eigenvalue weighted by Crippen LogP contribution is 2.17. The van der Waals surface area contributed by atoms with Crippen molar-refractivity contribution in [1.29, 1.82) is 0 Å². The number of rotatable bonds is 8. The van der Waals surface area contributed by atoms with Gasteiger partial charge in [-0.3, -0.25) is 9.79 Å². The van der Waals surface area contributed by atoms with E-state index in [-0.39, 0.29) is 5.91 Å². The zero-order valence-electron chi connectivity index (χ0n) is 15.3. The van der Waals surface area contributed by atoms with Crippen LogP contribution in [0.4, 0.5) is 5.69 Å². The molecule has 3 N–H and O–H groups in total. The van der Waals surface area contributed by atoms with Crippen LogP contribution in [0.3, 0.4) is 0 Å². The maximum Gasteiger partial charge on any atom is 0.221 e. The molecule has 0 aliphatic carbocycles. The summed E-state index contributed by atoms with van der Waals surface area (Å²) < 4.78 is 5.70. The lowest BCUT2D eigenvalue weighted by Crippen LogP contribution is -2.38.